The molecular formula is C8H11NO2S. The largest absolute Gasteiger partial charge is 0.480 e. The summed E-state index contributed by atoms with van der Waals surface area (Å²) in [4.78, 5) is 12.4. The SMILES string of the molecule is CCc1ccc(C(N)C(=O)O)s1. The lowest BCUT2D eigenvalue weighted by molar-refractivity contribution is -0.138. The number of nitrogens with two attached hydrogens (primary N) is 1. The normalized spacial score (nSPS) is 12.8. The summed E-state index contributed by atoms with van der Waals surface area (Å²) in [6.45, 7) is 2.03. The number of thiophene rings is 1. The first-order chi connectivity index (χ1) is 5.65. The van der Waals surface area contributed by atoms with E-state index in [9.17, 15) is 4.79 Å². The maximum absolute atomic E-state index is 10.5. The van der Waals surface area contributed by atoms with Gasteiger partial charge in [0.15, 0.2) is 0 Å². The van der Waals surface area contributed by atoms with Gasteiger partial charge in [-0.05, 0) is 18.6 Å². The Morgan fingerprint density at radius 1 is 1.75 bits per heavy atom. The van der Waals surface area contributed by atoms with Gasteiger partial charge in [0.1, 0.15) is 6.04 Å². The third-order valence-corrected chi connectivity index (χ3v) is 2.92. The zero-order valence-corrected chi connectivity index (χ0v) is 7.60. The van der Waals surface area contributed by atoms with Gasteiger partial charge in [0.2, 0.25) is 0 Å². The lowest BCUT2D eigenvalue weighted by atomic mass is 10.2. The van der Waals surface area contributed by atoms with E-state index in [4.69, 9.17) is 10.8 Å². The number of carboxylic acids is 1. The first-order valence-corrected chi connectivity index (χ1v) is 4.53. The van der Waals surface area contributed by atoms with Crippen molar-refractivity contribution in [3.8, 4) is 0 Å². The molecule has 3 N–H and O–H groups in total. The summed E-state index contributed by atoms with van der Waals surface area (Å²) in [5.74, 6) is -0.973. The number of aliphatic carboxylic acids is 1. The molecule has 1 aromatic heterocycles. The highest BCUT2D eigenvalue weighted by molar-refractivity contribution is 7.12. The molecule has 0 saturated carbocycles. The fourth-order valence-corrected chi connectivity index (χ4v) is 1.82. The highest BCUT2D eigenvalue weighted by Gasteiger charge is 2.15. The molecule has 1 heterocycles. The highest BCUT2D eigenvalue weighted by atomic mass is 32.1. The Labute approximate surface area is 74.8 Å². The molecule has 1 unspecified atom stereocenters. The topological polar surface area (TPSA) is 63.3 Å². The van der Waals surface area contributed by atoms with Crippen molar-refractivity contribution in [2.75, 3.05) is 0 Å². The van der Waals surface area contributed by atoms with E-state index in [0.717, 1.165) is 11.3 Å². The van der Waals surface area contributed by atoms with Crippen LogP contribution in [0.5, 0.6) is 0 Å². The fraction of sp³-hybridized carbons (Fsp3) is 0.375. The summed E-state index contributed by atoms with van der Waals surface area (Å²) < 4.78 is 0. The molecule has 1 aromatic rings. The minimum atomic E-state index is -0.973. The van der Waals surface area contributed by atoms with Crippen LogP contribution in [-0.2, 0) is 11.2 Å². The molecule has 0 fully saturated rings. The quantitative estimate of drug-likeness (QED) is 0.748. The molecule has 0 aliphatic carbocycles. The van der Waals surface area contributed by atoms with Crippen molar-refractivity contribution in [1.82, 2.24) is 0 Å². The minimum absolute atomic E-state index is 0.722. The standard InChI is InChI=1S/C8H11NO2S/c1-2-5-3-4-6(12-5)7(9)8(10)11/h3-4,7H,2,9H2,1H3,(H,10,11). The average molecular weight is 185 g/mol. The van der Waals surface area contributed by atoms with E-state index in [1.807, 2.05) is 13.0 Å². The molecule has 0 saturated heterocycles. The lowest BCUT2D eigenvalue weighted by Crippen LogP contribution is -2.19. The second kappa shape index (κ2) is 3.69. The molecule has 0 aliphatic rings. The van der Waals surface area contributed by atoms with Crippen LogP contribution in [-0.4, -0.2) is 11.1 Å². The van der Waals surface area contributed by atoms with Crippen LogP contribution >= 0.6 is 11.3 Å². The van der Waals surface area contributed by atoms with Crippen molar-refractivity contribution in [3.63, 3.8) is 0 Å². The Hall–Kier alpha value is -0.870. The maximum Gasteiger partial charge on any atom is 0.325 e. The van der Waals surface area contributed by atoms with E-state index in [2.05, 4.69) is 0 Å². The molecule has 4 heteroatoms. The molecule has 1 atom stereocenters. The van der Waals surface area contributed by atoms with E-state index in [0.29, 0.717) is 0 Å². The smallest absolute Gasteiger partial charge is 0.325 e. The number of rotatable bonds is 3. The third-order valence-electron chi connectivity index (χ3n) is 1.60. The summed E-state index contributed by atoms with van der Waals surface area (Å²) in [7, 11) is 0. The van der Waals surface area contributed by atoms with Gasteiger partial charge in [-0.3, -0.25) is 4.79 Å². The van der Waals surface area contributed by atoms with E-state index >= 15 is 0 Å². The number of hydrogen-bond donors (Lipinski definition) is 2. The fourth-order valence-electron chi connectivity index (χ4n) is 0.873. The van der Waals surface area contributed by atoms with Crippen molar-refractivity contribution in [2.24, 2.45) is 5.73 Å². The van der Waals surface area contributed by atoms with Gasteiger partial charge in [-0.25, -0.2) is 0 Å². The van der Waals surface area contributed by atoms with Crippen LogP contribution in [0.3, 0.4) is 0 Å². The molecule has 3 nitrogen and oxygen atoms in total. The van der Waals surface area contributed by atoms with Crippen molar-refractivity contribution in [1.29, 1.82) is 0 Å². The van der Waals surface area contributed by atoms with Crippen molar-refractivity contribution in [2.45, 2.75) is 19.4 Å². The van der Waals surface area contributed by atoms with Crippen LogP contribution in [0.4, 0.5) is 0 Å². The average Bonchev–Trinajstić information content (AvgIpc) is 2.50. The van der Waals surface area contributed by atoms with Gasteiger partial charge in [-0.1, -0.05) is 6.92 Å². The third kappa shape index (κ3) is 1.84. The molecule has 0 spiro atoms. The van der Waals surface area contributed by atoms with Gasteiger partial charge >= 0.3 is 5.97 Å². The first-order valence-electron chi connectivity index (χ1n) is 3.72. The Bertz CT molecular complexity index is 282. The molecule has 12 heavy (non-hydrogen) atoms. The predicted octanol–water partition coefficient (Wildman–Crippen LogP) is 1.39. The second-order valence-electron chi connectivity index (χ2n) is 2.47. The maximum atomic E-state index is 10.5. The van der Waals surface area contributed by atoms with Crippen LogP contribution in [0.25, 0.3) is 0 Å². The van der Waals surface area contributed by atoms with Crippen molar-refractivity contribution < 1.29 is 9.90 Å². The molecule has 0 radical (unpaired) electrons. The first kappa shape index (κ1) is 9.22. The Morgan fingerprint density at radius 3 is 2.83 bits per heavy atom. The summed E-state index contributed by atoms with van der Waals surface area (Å²) in [6.07, 6.45) is 0.928. The molecule has 0 amide bonds. The monoisotopic (exact) mass is 185 g/mol. The number of hydrogen-bond acceptors (Lipinski definition) is 3. The van der Waals surface area contributed by atoms with Crippen molar-refractivity contribution >= 4 is 17.3 Å². The molecule has 0 aromatic carbocycles. The molecule has 66 valence electrons. The highest BCUT2D eigenvalue weighted by Crippen LogP contribution is 2.22. The van der Waals surface area contributed by atoms with Crippen LogP contribution in [0.1, 0.15) is 22.7 Å². The molecule has 1 rings (SSSR count). The van der Waals surface area contributed by atoms with Gasteiger partial charge in [0.25, 0.3) is 0 Å². The molecule has 0 aliphatic heterocycles. The Kier molecular flexibility index (Phi) is 2.83. The van der Waals surface area contributed by atoms with Crippen LogP contribution in [0, 0.1) is 0 Å². The lowest BCUT2D eigenvalue weighted by Gasteiger charge is -2.00. The minimum Gasteiger partial charge on any atom is -0.480 e. The van der Waals surface area contributed by atoms with E-state index in [1.54, 1.807) is 6.07 Å². The number of carbonyl (C=O) groups is 1. The summed E-state index contributed by atoms with van der Waals surface area (Å²) in [5, 5.41) is 8.60. The Morgan fingerprint density at radius 2 is 2.42 bits per heavy atom. The van der Waals surface area contributed by atoms with Crippen LogP contribution in [0.2, 0.25) is 0 Å². The van der Waals surface area contributed by atoms with Gasteiger partial charge in [0, 0.05) is 9.75 Å². The summed E-state index contributed by atoms with van der Waals surface area (Å²) >= 11 is 1.46. The summed E-state index contributed by atoms with van der Waals surface area (Å²) in [5.41, 5.74) is 5.42. The zero-order chi connectivity index (χ0) is 9.14. The molecular weight excluding hydrogens is 174 g/mol. The summed E-state index contributed by atoms with van der Waals surface area (Å²) in [6, 6.07) is 2.83. The van der Waals surface area contributed by atoms with Crippen LogP contribution < -0.4 is 5.73 Å². The van der Waals surface area contributed by atoms with Gasteiger partial charge in [-0.2, -0.15) is 0 Å². The van der Waals surface area contributed by atoms with Gasteiger partial charge in [-0.15, -0.1) is 11.3 Å². The zero-order valence-electron chi connectivity index (χ0n) is 6.78. The van der Waals surface area contributed by atoms with E-state index in [1.165, 1.54) is 16.2 Å². The van der Waals surface area contributed by atoms with Gasteiger partial charge in [0.05, 0.1) is 0 Å². The van der Waals surface area contributed by atoms with Crippen molar-refractivity contribution in [3.05, 3.63) is 21.9 Å². The van der Waals surface area contributed by atoms with Crippen LogP contribution in [0.15, 0.2) is 12.1 Å². The number of aryl methyl sites for hydroxylation is 1. The second-order valence-corrected chi connectivity index (χ2v) is 3.67. The predicted molar refractivity (Wildman–Crippen MR) is 48.3 cm³/mol. The molecule has 0 bridgehead atoms. The van der Waals surface area contributed by atoms with Gasteiger partial charge < -0.3 is 10.8 Å². The Balaban J connectivity index is 2.81. The van der Waals surface area contributed by atoms with E-state index < -0.39 is 12.0 Å². The number of carboxylic acid groups (broad SMARTS) is 1. The van der Waals surface area contributed by atoms with E-state index in [-0.39, 0.29) is 0 Å².